The van der Waals surface area contributed by atoms with Crippen LogP contribution in [-0.2, 0) is 0 Å². The Kier molecular flexibility index (Phi) is 3.36. The topological polar surface area (TPSA) is 4.41 Å². The number of aromatic nitrogens is 1. The second kappa shape index (κ2) is 6.39. The molecule has 0 saturated heterocycles. The van der Waals surface area contributed by atoms with Gasteiger partial charge in [0.25, 0.3) is 0 Å². The SMILES string of the molecule is c1ccc2c(c1)cn1c3c(ccc4sc5ccccc5c43)c3ccc4c5ccccc5sc4c3c21. The molecule has 0 amide bonds. The molecule has 0 unspecified atom stereocenters. The van der Waals surface area contributed by atoms with E-state index in [0.29, 0.717) is 0 Å². The normalized spacial score (nSPS) is 12.6. The van der Waals surface area contributed by atoms with Crippen LogP contribution >= 0.6 is 22.7 Å². The van der Waals surface area contributed by atoms with Gasteiger partial charge in [0.15, 0.2) is 0 Å². The summed E-state index contributed by atoms with van der Waals surface area (Å²) in [6, 6.07) is 35.9. The van der Waals surface area contributed by atoms with Gasteiger partial charge in [-0.15, -0.1) is 22.7 Å². The van der Waals surface area contributed by atoms with Crippen LogP contribution in [0.1, 0.15) is 0 Å². The molecule has 9 rings (SSSR count). The molecule has 0 bridgehead atoms. The zero-order valence-electron chi connectivity index (χ0n) is 18.6. The molecular formula is C32H17NS2. The van der Waals surface area contributed by atoms with Gasteiger partial charge in [-0.1, -0.05) is 78.9 Å². The molecule has 4 heterocycles. The van der Waals surface area contributed by atoms with Crippen molar-refractivity contribution in [3.8, 4) is 0 Å². The third-order valence-corrected chi connectivity index (χ3v) is 9.90. The predicted octanol–water partition coefficient (Wildman–Crippen LogP) is 10.1. The second-order valence-corrected chi connectivity index (χ2v) is 11.5. The van der Waals surface area contributed by atoms with Crippen LogP contribution in [0.5, 0.6) is 0 Å². The minimum atomic E-state index is 1.29. The van der Waals surface area contributed by atoms with Gasteiger partial charge in [-0.05, 0) is 23.6 Å². The van der Waals surface area contributed by atoms with Gasteiger partial charge in [-0.25, -0.2) is 0 Å². The number of thiophene rings is 2. The molecule has 0 atom stereocenters. The zero-order chi connectivity index (χ0) is 22.7. The maximum atomic E-state index is 2.49. The van der Waals surface area contributed by atoms with Crippen LogP contribution in [0, 0.1) is 0 Å². The molecule has 0 spiro atoms. The minimum absolute atomic E-state index is 1.29. The van der Waals surface area contributed by atoms with E-state index in [2.05, 4.69) is 108 Å². The monoisotopic (exact) mass is 479 g/mol. The highest BCUT2D eigenvalue weighted by Crippen LogP contribution is 2.47. The molecule has 0 radical (unpaired) electrons. The summed E-state index contributed by atoms with van der Waals surface area (Å²) in [5, 5.41) is 12.1. The Bertz CT molecular complexity index is 2330. The number of hydrogen-bond acceptors (Lipinski definition) is 2. The molecule has 0 fully saturated rings. The third-order valence-electron chi connectivity index (χ3n) is 7.56. The Labute approximate surface area is 208 Å². The highest BCUT2D eigenvalue weighted by atomic mass is 32.1. The lowest BCUT2D eigenvalue weighted by molar-refractivity contribution is 1.31. The van der Waals surface area contributed by atoms with E-state index in [1.54, 1.807) is 0 Å². The van der Waals surface area contributed by atoms with E-state index in [4.69, 9.17) is 0 Å². The fourth-order valence-corrected chi connectivity index (χ4v) is 8.46. The minimum Gasteiger partial charge on any atom is -0.314 e. The van der Waals surface area contributed by atoms with Crippen molar-refractivity contribution in [3.05, 3.63) is 103 Å². The Morgan fingerprint density at radius 3 is 1.97 bits per heavy atom. The van der Waals surface area contributed by atoms with Gasteiger partial charge in [0.05, 0.1) is 11.0 Å². The van der Waals surface area contributed by atoms with E-state index in [1.165, 1.54) is 78.3 Å². The van der Waals surface area contributed by atoms with Crippen molar-refractivity contribution in [2.75, 3.05) is 0 Å². The standard InChI is InChI=1S/C32H17NS2/c1-2-8-19-18(7-1)17-33-30(19)29-21(13-14-23-20-9-3-5-11-25(20)35-32(23)29)22-15-16-27-28(31(22)33)24-10-4-6-12-26(24)34-27/h1-17H. The van der Waals surface area contributed by atoms with Gasteiger partial charge in [-0.3, -0.25) is 0 Å². The molecule has 4 aromatic heterocycles. The Morgan fingerprint density at radius 1 is 0.429 bits per heavy atom. The van der Waals surface area contributed by atoms with Crippen LogP contribution in [0.25, 0.3) is 78.3 Å². The van der Waals surface area contributed by atoms with Gasteiger partial charge in [0.1, 0.15) is 0 Å². The lowest BCUT2D eigenvalue weighted by Gasteiger charge is -2.12. The first kappa shape index (κ1) is 18.4. The lowest BCUT2D eigenvalue weighted by atomic mass is 9.99. The van der Waals surface area contributed by atoms with E-state index in [0.717, 1.165) is 0 Å². The highest BCUT2D eigenvalue weighted by molar-refractivity contribution is 7.27. The maximum Gasteiger partial charge on any atom is 0.0628 e. The van der Waals surface area contributed by atoms with E-state index >= 15 is 0 Å². The summed E-state index contributed by atoms with van der Waals surface area (Å²) in [6.45, 7) is 0. The van der Waals surface area contributed by atoms with Crippen LogP contribution in [0.4, 0.5) is 0 Å². The summed E-state index contributed by atoms with van der Waals surface area (Å²) >= 11 is 3.81. The fourth-order valence-electron chi connectivity index (χ4n) is 6.10. The van der Waals surface area contributed by atoms with Crippen LogP contribution in [0.2, 0.25) is 0 Å². The van der Waals surface area contributed by atoms with Crippen LogP contribution in [0.15, 0.2) is 103 Å². The molecule has 35 heavy (non-hydrogen) atoms. The third kappa shape index (κ3) is 2.23. The number of hydrogen-bond donors (Lipinski definition) is 0. The number of pyridine rings is 1. The van der Waals surface area contributed by atoms with E-state index in [-0.39, 0.29) is 0 Å². The number of rotatable bonds is 0. The molecule has 0 aliphatic heterocycles. The second-order valence-electron chi connectivity index (χ2n) is 9.33. The summed E-state index contributed by atoms with van der Waals surface area (Å²) in [5.41, 5.74) is 2.64. The Balaban J connectivity index is 1.67. The van der Waals surface area contributed by atoms with Crippen LogP contribution < -0.4 is 0 Å². The molecule has 0 N–H and O–H groups in total. The largest absolute Gasteiger partial charge is 0.314 e. The molecular weight excluding hydrogens is 462 g/mol. The molecule has 0 saturated carbocycles. The molecule has 162 valence electrons. The van der Waals surface area contributed by atoms with Crippen molar-refractivity contribution in [3.63, 3.8) is 0 Å². The Morgan fingerprint density at radius 2 is 1.09 bits per heavy atom. The molecule has 3 heteroatoms. The average Bonchev–Trinajstić information content (AvgIpc) is 3.59. The quantitative estimate of drug-likeness (QED) is 0.191. The lowest BCUT2D eigenvalue weighted by Crippen LogP contribution is -1.91. The first-order valence-electron chi connectivity index (χ1n) is 11.9. The van der Waals surface area contributed by atoms with E-state index in [1.807, 2.05) is 22.7 Å². The summed E-state index contributed by atoms with van der Waals surface area (Å²) in [4.78, 5) is 0. The molecule has 1 nitrogen and oxygen atoms in total. The fraction of sp³-hybridized carbons (Fsp3) is 0. The van der Waals surface area contributed by atoms with Gasteiger partial charge in [0.2, 0.25) is 0 Å². The molecule has 5 aromatic carbocycles. The zero-order valence-corrected chi connectivity index (χ0v) is 20.2. The number of fused-ring (bicyclic) bond motifs is 16. The van der Waals surface area contributed by atoms with Crippen LogP contribution in [-0.4, -0.2) is 4.40 Å². The number of nitrogens with zero attached hydrogens (tertiary/aromatic N) is 1. The van der Waals surface area contributed by atoms with E-state index < -0.39 is 0 Å². The van der Waals surface area contributed by atoms with Crippen molar-refractivity contribution in [1.29, 1.82) is 0 Å². The first-order valence-corrected chi connectivity index (χ1v) is 13.5. The smallest absolute Gasteiger partial charge is 0.0628 e. The van der Waals surface area contributed by atoms with Gasteiger partial charge >= 0.3 is 0 Å². The highest BCUT2D eigenvalue weighted by Gasteiger charge is 2.20. The van der Waals surface area contributed by atoms with Crippen molar-refractivity contribution in [2.45, 2.75) is 0 Å². The summed E-state index contributed by atoms with van der Waals surface area (Å²) < 4.78 is 7.92. The molecule has 0 aliphatic rings. The molecule has 0 aliphatic carbocycles. The van der Waals surface area contributed by atoms with Gasteiger partial charge < -0.3 is 4.40 Å². The predicted molar refractivity (Wildman–Crippen MR) is 156 cm³/mol. The summed E-state index contributed by atoms with van der Waals surface area (Å²) in [7, 11) is 0. The van der Waals surface area contributed by atoms with Crippen molar-refractivity contribution >= 4 is 101 Å². The van der Waals surface area contributed by atoms with E-state index in [9.17, 15) is 0 Å². The maximum absolute atomic E-state index is 2.49. The number of benzene rings is 5. The average molecular weight is 480 g/mol. The first-order chi connectivity index (χ1) is 17.4. The molecule has 9 aromatic rings. The van der Waals surface area contributed by atoms with Gasteiger partial charge in [0, 0.05) is 68.1 Å². The summed E-state index contributed by atoms with van der Waals surface area (Å²) in [6.07, 6.45) is 2.35. The Hall–Kier alpha value is -3.92. The summed E-state index contributed by atoms with van der Waals surface area (Å²) in [5.74, 6) is 0. The van der Waals surface area contributed by atoms with Crippen molar-refractivity contribution in [1.82, 2.24) is 4.40 Å². The van der Waals surface area contributed by atoms with Crippen LogP contribution in [0.3, 0.4) is 0 Å². The van der Waals surface area contributed by atoms with Crippen molar-refractivity contribution < 1.29 is 0 Å². The van der Waals surface area contributed by atoms with Crippen molar-refractivity contribution in [2.24, 2.45) is 0 Å². The van der Waals surface area contributed by atoms with Gasteiger partial charge in [-0.2, -0.15) is 0 Å².